The van der Waals surface area contributed by atoms with Gasteiger partial charge in [-0.2, -0.15) is 13.2 Å². The molecular formula is C68H104ClF3N12O13. The number of hydrogen-bond donors (Lipinski definition) is 3. The minimum absolute atomic E-state index is 0.0232. The number of hydrogen-bond acceptors (Lipinski definition) is 13. The van der Waals surface area contributed by atoms with Gasteiger partial charge in [0.1, 0.15) is 47.8 Å². The van der Waals surface area contributed by atoms with Gasteiger partial charge in [0.05, 0.1) is 43.2 Å². The first kappa shape index (κ1) is 78.9. The Morgan fingerprint density at radius 1 is 0.649 bits per heavy atom. The van der Waals surface area contributed by atoms with Gasteiger partial charge in [0.25, 0.3) is 0 Å². The number of aryl methyl sites for hydroxylation is 1. The van der Waals surface area contributed by atoms with Crippen molar-refractivity contribution in [2.24, 2.45) is 11.8 Å². The van der Waals surface area contributed by atoms with Gasteiger partial charge in [-0.25, -0.2) is 0 Å². The first-order valence-electron chi connectivity index (χ1n) is 34.6. The number of nitrogens with zero attached hydrogens (tertiary/aromatic N) is 9. The highest BCUT2D eigenvalue weighted by Gasteiger charge is 2.51. The molecule has 1 aromatic rings. The molecule has 1 aromatic carbocycles. The molecule has 542 valence electrons. The SMILES string of the molecule is CCCOC[C@H]1C(=O)N(C)CC(=O)N[C@@H](CCc2ccc(C(F)(F)F)c(Cl)c2)C(=O)N2CCCC2C(=O)NC2(CCCC2)C(=O)N(C)[C@@H](C2CCCCC2)C(=O)N(C)[C@H](C(=O)N2CCCC2)CC(=O)N(C)[C@@H](CCC)C(=O)N[C@@H]([C@@H](C)CC)C(=O)N(C)CC(=O)N(C)CC(=O)N1C. The number of carbonyl (C=O) groups excluding carboxylic acids is 12. The fourth-order valence-corrected chi connectivity index (χ4v) is 14.4. The van der Waals surface area contributed by atoms with Crippen molar-refractivity contribution in [2.75, 3.05) is 102 Å². The normalized spacial score (nSPS) is 26.1. The van der Waals surface area contributed by atoms with E-state index in [1.807, 2.05) is 20.8 Å². The molecule has 0 aromatic heterocycles. The summed E-state index contributed by atoms with van der Waals surface area (Å²) in [7, 11) is 9.69. The van der Waals surface area contributed by atoms with E-state index < -0.39 is 173 Å². The summed E-state index contributed by atoms with van der Waals surface area (Å²) in [5.41, 5.74) is -2.37. The van der Waals surface area contributed by atoms with E-state index in [9.17, 15) is 51.5 Å². The maximum absolute atomic E-state index is 15.7. The van der Waals surface area contributed by atoms with Gasteiger partial charge in [-0.05, 0) is 107 Å². The quantitative estimate of drug-likeness (QED) is 0.234. The molecule has 5 aliphatic rings. The Morgan fingerprint density at radius 3 is 1.89 bits per heavy atom. The zero-order valence-electron chi connectivity index (χ0n) is 58.6. The molecule has 0 radical (unpaired) electrons. The van der Waals surface area contributed by atoms with Crippen LogP contribution in [-0.4, -0.2) is 265 Å². The Hall–Kier alpha value is -7.10. The van der Waals surface area contributed by atoms with Crippen LogP contribution < -0.4 is 16.0 Å². The Balaban J connectivity index is 1.42. The monoisotopic (exact) mass is 1390 g/mol. The number of rotatable bonds is 13. The summed E-state index contributed by atoms with van der Waals surface area (Å²) in [5.74, 6) is -9.00. The number of benzene rings is 1. The highest BCUT2D eigenvalue weighted by molar-refractivity contribution is 6.31. The van der Waals surface area contributed by atoms with Gasteiger partial charge in [0.15, 0.2) is 0 Å². The second kappa shape index (κ2) is 35.6. The zero-order valence-corrected chi connectivity index (χ0v) is 59.3. The summed E-state index contributed by atoms with van der Waals surface area (Å²) in [6.45, 7) is 5.99. The molecule has 5 fully saturated rings. The first-order valence-corrected chi connectivity index (χ1v) is 34.9. The third-order valence-electron chi connectivity index (χ3n) is 20.3. The maximum Gasteiger partial charge on any atom is 0.417 e. The summed E-state index contributed by atoms with van der Waals surface area (Å²) in [5, 5.41) is 8.04. The van der Waals surface area contributed by atoms with Gasteiger partial charge in [-0.15, -0.1) is 0 Å². The number of ether oxygens (including phenoxy) is 1. The van der Waals surface area contributed by atoms with Gasteiger partial charge < -0.3 is 64.8 Å². The molecule has 2 aliphatic carbocycles. The second-order valence-electron chi connectivity index (χ2n) is 27.3. The van der Waals surface area contributed by atoms with Crippen molar-refractivity contribution >= 4 is 82.5 Å². The Kier molecular flexibility index (Phi) is 29.0. The van der Waals surface area contributed by atoms with E-state index in [1.165, 1.54) is 75.0 Å². The predicted molar refractivity (Wildman–Crippen MR) is 354 cm³/mol. The van der Waals surface area contributed by atoms with Crippen LogP contribution >= 0.6 is 11.6 Å². The summed E-state index contributed by atoms with van der Waals surface area (Å²) in [6, 6.07) is -5.83. The van der Waals surface area contributed by atoms with Crippen molar-refractivity contribution in [3.8, 4) is 0 Å². The number of halogens is 4. The van der Waals surface area contributed by atoms with Crippen molar-refractivity contribution in [1.29, 1.82) is 0 Å². The Labute approximate surface area is 573 Å². The molecule has 2 saturated carbocycles. The lowest BCUT2D eigenvalue weighted by atomic mass is 9.81. The molecule has 29 heteroatoms. The van der Waals surface area contributed by atoms with Crippen LogP contribution in [-0.2, 0) is 74.9 Å². The molecule has 0 bridgehead atoms. The van der Waals surface area contributed by atoms with Crippen molar-refractivity contribution in [2.45, 2.75) is 210 Å². The summed E-state index contributed by atoms with van der Waals surface area (Å²) < 4.78 is 47.2. The number of carbonyl (C=O) groups is 12. The maximum atomic E-state index is 15.7. The molecular weight excluding hydrogens is 1290 g/mol. The standard InChI is InChI=1S/C68H104ClF3N12O13/c1-12-23-49-59(89)74-57(43(4)14-3)64(94)78(7)40-55(87)76(5)41-56(88)80(9)52(42-97-36-13-2)62(92)77(6)39-53(85)73-48(30-28-44-27-29-46(47(69)37-44)68(70,71)72)61(91)84-35-22-26-50(84)60(90)75-67(31-18-19-32-67)66(96)82(11)58(45-24-16-15-17-25-45)65(95)81(10)51(38-54(86)79(49)8)63(93)83-33-20-21-34-83/h27,29,37,43,45,48-52,57-58H,12-26,28,30-36,38-42H2,1-11H3,(H,73,85)(H,74,89)(H,75,90)/t43-,48-,49-,50?,51-,52-,57-,58-/m0/s1. The molecule has 3 saturated heterocycles. The second-order valence-corrected chi connectivity index (χ2v) is 27.7. The third kappa shape index (κ3) is 19.9. The van der Waals surface area contributed by atoms with Gasteiger partial charge in [-0.1, -0.05) is 90.3 Å². The van der Waals surface area contributed by atoms with Crippen LogP contribution in [0.3, 0.4) is 0 Å². The van der Waals surface area contributed by atoms with Gasteiger partial charge in [0, 0.05) is 75.6 Å². The number of fused-ring (bicyclic) bond motifs is 1. The van der Waals surface area contributed by atoms with Gasteiger partial charge in [0.2, 0.25) is 70.9 Å². The molecule has 1 unspecified atom stereocenters. The lowest BCUT2D eigenvalue weighted by molar-refractivity contribution is -0.156. The van der Waals surface area contributed by atoms with Crippen molar-refractivity contribution in [3.05, 3.63) is 34.3 Å². The lowest BCUT2D eigenvalue weighted by Gasteiger charge is -2.43. The molecule has 3 N–H and O–H groups in total. The number of amides is 12. The summed E-state index contributed by atoms with van der Waals surface area (Å²) in [4.78, 5) is 188. The van der Waals surface area contributed by atoms with Crippen molar-refractivity contribution in [1.82, 2.24) is 60.0 Å². The molecule has 6 rings (SSSR count). The molecule has 8 atom stereocenters. The molecule has 12 amide bonds. The number of alkyl halides is 3. The number of likely N-dealkylation sites (N-methyl/N-ethyl adjacent to an activating group) is 7. The molecule has 1 spiro atoms. The number of likely N-dealkylation sites (tertiary alicyclic amines) is 1. The fraction of sp³-hybridized carbons (Fsp3) is 0.735. The van der Waals surface area contributed by atoms with E-state index in [0.29, 0.717) is 77.3 Å². The van der Waals surface area contributed by atoms with E-state index in [-0.39, 0.29) is 63.8 Å². The average molecular weight is 1390 g/mol. The van der Waals surface area contributed by atoms with E-state index in [2.05, 4.69) is 16.0 Å². The van der Waals surface area contributed by atoms with Crippen LogP contribution in [0.2, 0.25) is 5.02 Å². The average Bonchev–Trinajstić information content (AvgIpc) is 1.69. The third-order valence-corrected chi connectivity index (χ3v) is 20.6. The fourth-order valence-electron chi connectivity index (χ4n) is 14.1. The van der Waals surface area contributed by atoms with Gasteiger partial charge in [-0.3, -0.25) is 57.5 Å². The molecule has 3 heterocycles. The Bertz CT molecular complexity index is 3000. The first-order chi connectivity index (χ1) is 45.8. The van der Waals surface area contributed by atoms with Crippen LogP contribution in [0, 0.1) is 11.8 Å². The lowest BCUT2D eigenvalue weighted by Crippen LogP contribution is -2.65. The van der Waals surface area contributed by atoms with E-state index in [1.54, 1.807) is 11.8 Å². The largest absolute Gasteiger partial charge is 0.417 e. The molecule has 3 aliphatic heterocycles. The van der Waals surface area contributed by atoms with Crippen LogP contribution in [0.15, 0.2) is 18.2 Å². The minimum atomic E-state index is -4.77. The van der Waals surface area contributed by atoms with Crippen molar-refractivity contribution in [3.63, 3.8) is 0 Å². The topological polar surface area (TPSA) is 279 Å². The smallest absolute Gasteiger partial charge is 0.379 e. The van der Waals surface area contributed by atoms with Crippen LogP contribution in [0.5, 0.6) is 0 Å². The number of nitrogens with one attached hydrogen (secondary N) is 3. The van der Waals surface area contributed by atoms with Crippen molar-refractivity contribution < 1.29 is 75.4 Å². The summed E-state index contributed by atoms with van der Waals surface area (Å²) >= 11 is 6.13. The Morgan fingerprint density at radius 2 is 1.28 bits per heavy atom. The molecule has 25 nitrogen and oxygen atoms in total. The highest BCUT2D eigenvalue weighted by atomic mass is 35.5. The predicted octanol–water partition coefficient (Wildman–Crippen LogP) is 4.24. The summed E-state index contributed by atoms with van der Waals surface area (Å²) in [6.07, 6.45) is 2.49. The van der Waals surface area contributed by atoms with Crippen LogP contribution in [0.4, 0.5) is 13.2 Å². The highest BCUT2D eigenvalue weighted by Crippen LogP contribution is 2.38. The minimum Gasteiger partial charge on any atom is -0.379 e. The van der Waals surface area contributed by atoms with E-state index >= 15 is 19.2 Å². The van der Waals surface area contributed by atoms with Crippen LogP contribution in [0.25, 0.3) is 0 Å². The van der Waals surface area contributed by atoms with Gasteiger partial charge >= 0.3 is 6.18 Å². The van der Waals surface area contributed by atoms with E-state index in [0.717, 1.165) is 51.0 Å². The van der Waals surface area contributed by atoms with Crippen LogP contribution in [0.1, 0.15) is 161 Å². The zero-order chi connectivity index (χ0) is 71.8. The molecule has 97 heavy (non-hydrogen) atoms. The van der Waals surface area contributed by atoms with E-state index in [4.69, 9.17) is 16.3 Å².